The standard InChI is InChI=1S/C19H23N3O2.C2HF3O2/c1-11(2)22-9-15-13-6-4-5-7-14(13)18(16(15)10-22)20-19(23)17-8-12(3)24-21-17;3-2(4,5)1(6)7/h4-8,11,15-16,18H,9-10H2,1-3H3,(H,20,23);(H,6,7)/t15-,16-,18+;/m0./s1. The number of carbonyl (C=O) groups excluding carboxylic acids is 1. The number of hydrogen-bond acceptors (Lipinski definition) is 5. The van der Waals surface area contributed by atoms with Crippen molar-refractivity contribution in [1.82, 2.24) is 15.4 Å². The second kappa shape index (κ2) is 8.70. The fourth-order valence-electron chi connectivity index (χ4n) is 4.18. The van der Waals surface area contributed by atoms with Gasteiger partial charge in [0.1, 0.15) is 5.76 Å². The molecule has 0 saturated carbocycles. The molecule has 2 N–H and O–H groups in total. The van der Waals surface area contributed by atoms with Crippen LogP contribution in [0.4, 0.5) is 13.2 Å². The van der Waals surface area contributed by atoms with Crippen LogP contribution in [0.25, 0.3) is 0 Å². The molecule has 7 nitrogen and oxygen atoms in total. The molecule has 0 bridgehead atoms. The first-order valence-electron chi connectivity index (χ1n) is 9.86. The van der Waals surface area contributed by atoms with Gasteiger partial charge in [-0.3, -0.25) is 9.69 Å². The molecule has 1 aromatic heterocycles. The minimum Gasteiger partial charge on any atom is -0.475 e. The number of aromatic nitrogens is 1. The Labute approximate surface area is 177 Å². The van der Waals surface area contributed by atoms with Gasteiger partial charge in [-0.1, -0.05) is 29.4 Å². The first kappa shape index (κ1) is 22.8. The third-order valence-corrected chi connectivity index (χ3v) is 5.67. The van der Waals surface area contributed by atoms with Crippen molar-refractivity contribution >= 4 is 11.9 Å². The van der Waals surface area contributed by atoms with Crippen LogP contribution >= 0.6 is 0 Å². The second-order valence-electron chi connectivity index (χ2n) is 8.02. The number of likely N-dealkylation sites (tertiary alicyclic amines) is 1. The minimum absolute atomic E-state index is 0.0412. The lowest BCUT2D eigenvalue weighted by atomic mass is 9.94. The molecule has 2 aromatic rings. The molecule has 168 valence electrons. The summed E-state index contributed by atoms with van der Waals surface area (Å²) in [5, 5.41) is 14.2. The Bertz CT molecular complexity index is 957. The minimum atomic E-state index is -5.08. The number of rotatable bonds is 3. The highest BCUT2D eigenvalue weighted by Crippen LogP contribution is 2.49. The van der Waals surface area contributed by atoms with Crippen LogP contribution < -0.4 is 5.32 Å². The van der Waals surface area contributed by atoms with Crippen LogP contribution in [0.15, 0.2) is 34.9 Å². The van der Waals surface area contributed by atoms with Crippen LogP contribution in [0.3, 0.4) is 0 Å². The molecule has 1 fully saturated rings. The van der Waals surface area contributed by atoms with Gasteiger partial charge >= 0.3 is 12.1 Å². The Hall–Kier alpha value is -2.88. The van der Waals surface area contributed by atoms with E-state index in [-0.39, 0.29) is 11.9 Å². The number of fused-ring (bicyclic) bond motifs is 3. The lowest BCUT2D eigenvalue weighted by Crippen LogP contribution is -2.35. The van der Waals surface area contributed by atoms with Gasteiger partial charge in [-0.05, 0) is 31.9 Å². The molecule has 1 amide bonds. The maximum absolute atomic E-state index is 12.6. The number of aliphatic carboxylic acids is 1. The average Bonchev–Trinajstić information content (AvgIpc) is 3.37. The zero-order valence-electron chi connectivity index (χ0n) is 17.3. The molecule has 10 heteroatoms. The molecule has 4 rings (SSSR count). The van der Waals surface area contributed by atoms with Crippen molar-refractivity contribution in [1.29, 1.82) is 0 Å². The number of carboxylic acid groups (broad SMARTS) is 1. The molecule has 31 heavy (non-hydrogen) atoms. The Morgan fingerprint density at radius 3 is 2.35 bits per heavy atom. The first-order chi connectivity index (χ1) is 14.5. The molecule has 0 unspecified atom stereocenters. The Balaban J connectivity index is 0.000000339. The number of halogens is 3. The molecule has 2 heterocycles. The van der Waals surface area contributed by atoms with Gasteiger partial charge in [-0.2, -0.15) is 13.2 Å². The number of aryl methyl sites for hydroxylation is 1. The first-order valence-corrected chi connectivity index (χ1v) is 9.86. The van der Waals surface area contributed by atoms with Crippen molar-refractivity contribution in [3.05, 3.63) is 52.9 Å². The molecule has 0 spiro atoms. The normalized spacial score (nSPS) is 22.5. The molecule has 1 aliphatic carbocycles. The highest BCUT2D eigenvalue weighted by Gasteiger charge is 2.47. The summed E-state index contributed by atoms with van der Waals surface area (Å²) in [7, 11) is 0. The van der Waals surface area contributed by atoms with Gasteiger partial charge < -0.3 is 14.9 Å². The average molecular weight is 439 g/mol. The number of nitrogens with one attached hydrogen (secondary N) is 1. The molecule has 3 atom stereocenters. The lowest BCUT2D eigenvalue weighted by Gasteiger charge is -2.24. The fraction of sp³-hybridized carbons (Fsp3) is 0.476. The highest BCUT2D eigenvalue weighted by molar-refractivity contribution is 5.92. The van der Waals surface area contributed by atoms with Gasteiger partial charge in [-0.25, -0.2) is 4.79 Å². The van der Waals surface area contributed by atoms with Gasteiger partial charge in [0, 0.05) is 37.0 Å². The highest BCUT2D eigenvalue weighted by atomic mass is 19.4. The third-order valence-electron chi connectivity index (χ3n) is 5.67. The van der Waals surface area contributed by atoms with E-state index in [0.717, 1.165) is 13.1 Å². The number of amides is 1. The van der Waals surface area contributed by atoms with E-state index < -0.39 is 12.1 Å². The van der Waals surface area contributed by atoms with Crippen molar-refractivity contribution in [2.75, 3.05) is 13.1 Å². The lowest BCUT2D eigenvalue weighted by molar-refractivity contribution is -0.192. The summed E-state index contributed by atoms with van der Waals surface area (Å²) in [6, 6.07) is 10.8. The predicted octanol–water partition coefficient (Wildman–Crippen LogP) is 3.52. The number of carbonyl (C=O) groups is 2. The summed E-state index contributed by atoms with van der Waals surface area (Å²) in [6.45, 7) is 8.34. The van der Waals surface area contributed by atoms with E-state index >= 15 is 0 Å². The summed E-state index contributed by atoms with van der Waals surface area (Å²) in [6.07, 6.45) is -5.08. The van der Waals surface area contributed by atoms with Crippen molar-refractivity contribution < 1.29 is 32.4 Å². The largest absolute Gasteiger partial charge is 0.490 e. The van der Waals surface area contributed by atoms with Crippen molar-refractivity contribution in [3.8, 4) is 0 Å². The van der Waals surface area contributed by atoms with E-state index in [4.69, 9.17) is 14.4 Å². The van der Waals surface area contributed by atoms with E-state index in [1.165, 1.54) is 11.1 Å². The second-order valence-corrected chi connectivity index (χ2v) is 8.02. The zero-order chi connectivity index (χ0) is 22.9. The number of hydrogen-bond donors (Lipinski definition) is 2. The Morgan fingerprint density at radius 1 is 1.23 bits per heavy atom. The predicted molar refractivity (Wildman–Crippen MR) is 105 cm³/mol. The van der Waals surface area contributed by atoms with Gasteiger partial charge in [0.15, 0.2) is 5.69 Å². The third kappa shape index (κ3) is 4.90. The van der Waals surface area contributed by atoms with Crippen molar-refractivity contribution in [3.63, 3.8) is 0 Å². The molecular formula is C21H24F3N3O4. The van der Waals surface area contributed by atoms with E-state index in [2.05, 4.69) is 53.5 Å². The number of benzene rings is 1. The molecule has 2 aliphatic rings. The van der Waals surface area contributed by atoms with E-state index in [0.29, 0.717) is 29.3 Å². The monoisotopic (exact) mass is 439 g/mol. The Kier molecular flexibility index (Phi) is 6.40. The molecule has 1 aliphatic heterocycles. The maximum Gasteiger partial charge on any atom is 0.490 e. The summed E-state index contributed by atoms with van der Waals surface area (Å²) in [5.74, 6) is -1.35. The molecule has 1 saturated heterocycles. The van der Waals surface area contributed by atoms with E-state index in [1.807, 2.05) is 0 Å². The fourth-order valence-corrected chi connectivity index (χ4v) is 4.18. The van der Waals surface area contributed by atoms with E-state index in [1.54, 1.807) is 13.0 Å². The summed E-state index contributed by atoms with van der Waals surface area (Å²) in [5.41, 5.74) is 2.99. The summed E-state index contributed by atoms with van der Waals surface area (Å²) in [4.78, 5) is 24.0. The van der Waals surface area contributed by atoms with E-state index in [9.17, 15) is 18.0 Å². The smallest absolute Gasteiger partial charge is 0.475 e. The molecular weight excluding hydrogens is 415 g/mol. The van der Waals surface area contributed by atoms with Crippen LogP contribution in [0.1, 0.15) is 53.2 Å². The van der Waals surface area contributed by atoms with Gasteiger partial charge in [0.05, 0.1) is 6.04 Å². The number of alkyl halides is 3. The van der Waals surface area contributed by atoms with Gasteiger partial charge in [0.25, 0.3) is 5.91 Å². The summed E-state index contributed by atoms with van der Waals surface area (Å²) >= 11 is 0. The van der Waals surface area contributed by atoms with Crippen LogP contribution in [0, 0.1) is 12.8 Å². The van der Waals surface area contributed by atoms with Crippen LogP contribution in [0.2, 0.25) is 0 Å². The Morgan fingerprint density at radius 2 is 1.84 bits per heavy atom. The molecule has 1 aromatic carbocycles. The summed E-state index contributed by atoms with van der Waals surface area (Å²) < 4.78 is 36.8. The van der Waals surface area contributed by atoms with Crippen molar-refractivity contribution in [2.24, 2.45) is 5.92 Å². The SMILES string of the molecule is Cc1cc(C(=O)N[C@@H]2c3ccccc3[C@@H]3CN(C(C)C)C[C@H]23)no1.O=C(O)C(F)(F)F. The zero-order valence-corrected chi connectivity index (χ0v) is 17.3. The van der Waals surface area contributed by atoms with Crippen LogP contribution in [-0.4, -0.2) is 52.3 Å². The number of carboxylic acids is 1. The van der Waals surface area contributed by atoms with Crippen molar-refractivity contribution in [2.45, 2.75) is 44.9 Å². The van der Waals surface area contributed by atoms with Gasteiger partial charge in [-0.15, -0.1) is 0 Å². The number of nitrogens with zero attached hydrogens (tertiary/aromatic N) is 2. The van der Waals surface area contributed by atoms with Crippen LogP contribution in [0.5, 0.6) is 0 Å². The topological polar surface area (TPSA) is 95.7 Å². The quantitative estimate of drug-likeness (QED) is 0.760. The molecule has 0 radical (unpaired) electrons. The van der Waals surface area contributed by atoms with Gasteiger partial charge in [0.2, 0.25) is 0 Å². The van der Waals surface area contributed by atoms with Crippen LogP contribution in [-0.2, 0) is 4.79 Å². The maximum atomic E-state index is 12.6.